The maximum atomic E-state index is 13.6. The van der Waals surface area contributed by atoms with E-state index in [0.717, 1.165) is 16.7 Å². The van der Waals surface area contributed by atoms with Gasteiger partial charge in [0.1, 0.15) is 5.82 Å². The molecule has 1 aliphatic rings. The lowest BCUT2D eigenvalue weighted by Gasteiger charge is -2.25. The molecule has 0 atom stereocenters. The lowest BCUT2D eigenvalue weighted by molar-refractivity contribution is -0.118. The van der Waals surface area contributed by atoms with E-state index in [1.165, 1.54) is 9.47 Å². The summed E-state index contributed by atoms with van der Waals surface area (Å²) in [6.07, 6.45) is 0.533. The molecule has 0 unspecified atom stereocenters. The highest BCUT2D eigenvalue weighted by atomic mass is 16.7. The summed E-state index contributed by atoms with van der Waals surface area (Å²) in [5, 5.41) is 0. The Balaban J connectivity index is 1.48. The SMILES string of the molecule is Nc1c(N(Cc2ccccc2)C(=O)CCc2ccc3c(c2)OCO3)c(=O)[nH]c(=O)n1Cc1ccccc1. The molecule has 0 aliphatic carbocycles. The van der Waals surface area contributed by atoms with E-state index in [4.69, 9.17) is 15.2 Å². The normalized spacial score (nSPS) is 11.9. The minimum Gasteiger partial charge on any atom is -0.454 e. The molecular formula is C28H26N4O5. The van der Waals surface area contributed by atoms with Crippen LogP contribution in [0.15, 0.2) is 88.5 Å². The Labute approximate surface area is 212 Å². The number of aromatic amines is 1. The molecule has 0 fully saturated rings. The van der Waals surface area contributed by atoms with Crippen LogP contribution in [0.25, 0.3) is 0 Å². The average Bonchev–Trinajstić information content (AvgIpc) is 3.38. The number of carbonyl (C=O) groups excluding carboxylic acids is 1. The van der Waals surface area contributed by atoms with Crippen LogP contribution >= 0.6 is 0 Å². The van der Waals surface area contributed by atoms with Gasteiger partial charge in [0.15, 0.2) is 17.2 Å². The molecule has 9 nitrogen and oxygen atoms in total. The van der Waals surface area contributed by atoms with Gasteiger partial charge in [-0.05, 0) is 35.2 Å². The van der Waals surface area contributed by atoms with Gasteiger partial charge in [0, 0.05) is 6.42 Å². The standard InChI is InChI=1S/C28H26N4O5/c29-26-25(27(34)30-28(35)32(26)17-21-9-5-2-6-10-21)31(16-20-7-3-1-4-8-20)24(33)14-12-19-11-13-22-23(15-19)37-18-36-22/h1-11,13,15H,12,14,16-18,29H2,(H,30,34,35). The van der Waals surface area contributed by atoms with Crippen LogP contribution in [0, 0.1) is 0 Å². The van der Waals surface area contributed by atoms with Crippen molar-refractivity contribution >= 4 is 17.4 Å². The van der Waals surface area contributed by atoms with Crippen LogP contribution in [-0.4, -0.2) is 22.3 Å². The van der Waals surface area contributed by atoms with Crippen molar-refractivity contribution in [1.82, 2.24) is 9.55 Å². The number of aromatic nitrogens is 2. The molecule has 1 aliphatic heterocycles. The molecule has 9 heteroatoms. The predicted molar refractivity (Wildman–Crippen MR) is 140 cm³/mol. The van der Waals surface area contributed by atoms with Crippen molar-refractivity contribution in [2.75, 3.05) is 17.4 Å². The van der Waals surface area contributed by atoms with E-state index in [9.17, 15) is 14.4 Å². The summed E-state index contributed by atoms with van der Waals surface area (Å²) in [7, 11) is 0. The molecule has 2 heterocycles. The van der Waals surface area contributed by atoms with E-state index >= 15 is 0 Å². The number of nitrogens with one attached hydrogen (secondary N) is 1. The number of fused-ring (bicyclic) bond motifs is 1. The third kappa shape index (κ3) is 5.25. The van der Waals surface area contributed by atoms with Gasteiger partial charge in [0.2, 0.25) is 12.7 Å². The zero-order chi connectivity index (χ0) is 25.8. The van der Waals surface area contributed by atoms with E-state index < -0.39 is 11.2 Å². The fraction of sp³-hybridized carbons (Fsp3) is 0.179. The van der Waals surface area contributed by atoms with Crippen molar-refractivity contribution in [3.8, 4) is 11.5 Å². The molecule has 0 bridgehead atoms. The molecule has 1 amide bonds. The zero-order valence-corrected chi connectivity index (χ0v) is 20.1. The van der Waals surface area contributed by atoms with Gasteiger partial charge < -0.3 is 20.1 Å². The summed E-state index contributed by atoms with van der Waals surface area (Å²) < 4.78 is 12.1. The van der Waals surface area contributed by atoms with Crippen LogP contribution in [0.5, 0.6) is 11.5 Å². The first-order chi connectivity index (χ1) is 18.0. The van der Waals surface area contributed by atoms with Crippen LogP contribution in [-0.2, 0) is 24.3 Å². The number of rotatable bonds is 8. The summed E-state index contributed by atoms with van der Waals surface area (Å²) in [6.45, 7) is 0.445. The molecule has 4 aromatic rings. The number of ether oxygens (including phenoxy) is 2. The van der Waals surface area contributed by atoms with Gasteiger partial charge >= 0.3 is 5.69 Å². The van der Waals surface area contributed by atoms with Gasteiger partial charge in [-0.25, -0.2) is 4.79 Å². The third-order valence-corrected chi connectivity index (χ3v) is 6.22. The van der Waals surface area contributed by atoms with Crippen molar-refractivity contribution in [3.05, 3.63) is 116 Å². The fourth-order valence-corrected chi connectivity index (χ4v) is 4.30. The third-order valence-electron chi connectivity index (χ3n) is 6.22. The molecule has 0 radical (unpaired) electrons. The Hall–Kier alpha value is -4.79. The van der Waals surface area contributed by atoms with Crippen LogP contribution in [0.4, 0.5) is 11.5 Å². The van der Waals surface area contributed by atoms with E-state index in [2.05, 4.69) is 4.98 Å². The molecular weight excluding hydrogens is 472 g/mol. The summed E-state index contributed by atoms with van der Waals surface area (Å²) in [6, 6.07) is 24.1. The van der Waals surface area contributed by atoms with Crippen molar-refractivity contribution in [1.29, 1.82) is 0 Å². The number of amides is 1. The van der Waals surface area contributed by atoms with Crippen molar-refractivity contribution < 1.29 is 14.3 Å². The van der Waals surface area contributed by atoms with Crippen molar-refractivity contribution in [3.63, 3.8) is 0 Å². The largest absolute Gasteiger partial charge is 0.454 e. The topological polar surface area (TPSA) is 120 Å². The molecule has 5 rings (SSSR count). The number of nitrogens with zero attached hydrogens (tertiary/aromatic N) is 2. The van der Waals surface area contributed by atoms with Crippen molar-refractivity contribution in [2.24, 2.45) is 0 Å². The smallest absolute Gasteiger partial charge is 0.330 e. The molecule has 188 valence electrons. The number of hydrogen-bond donors (Lipinski definition) is 2. The van der Waals surface area contributed by atoms with E-state index in [0.29, 0.717) is 17.9 Å². The minimum absolute atomic E-state index is 0.0462. The second kappa shape index (κ2) is 10.4. The van der Waals surface area contributed by atoms with Crippen LogP contribution < -0.4 is 31.4 Å². The number of hydrogen-bond acceptors (Lipinski definition) is 6. The Kier molecular flexibility index (Phi) is 6.76. The summed E-state index contributed by atoms with van der Waals surface area (Å²) in [5.41, 5.74) is 7.57. The molecule has 0 saturated carbocycles. The lowest BCUT2D eigenvalue weighted by atomic mass is 10.1. The zero-order valence-electron chi connectivity index (χ0n) is 20.1. The fourth-order valence-electron chi connectivity index (χ4n) is 4.30. The van der Waals surface area contributed by atoms with Gasteiger partial charge in [0.05, 0.1) is 13.1 Å². The minimum atomic E-state index is -0.709. The molecule has 1 aromatic heterocycles. The van der Waals surface area contributed by atoms with E-state index in [-0.39, 0.29) is 43.7 Å². The van der Waals surface area contributed by atoms with Crippen LogP contribution in [0.1, 0.15) is 23.1 Å². The summed E-state index contributed by atoms with van der Waals surface area (Å²) in [4.78, 5) is 43.0. The van der Waals surface area contributed by atoms with Crippen molar-refractivity contribution in [2.45, 2.75) is 25.9 Å². The van der Waals surface area contributed by atoms with Gasteiger partial charge in [-0.1, -0.05) is 66.7 Å². The van der Waals surface area contributed by atoms with Crippen LogP contribution in [0.3, 0.4) is 0 Å². The van der Waals surface area contributed by atoms with Crippen LogP contribution in [0.2, 0.25) is 0 Å². The number of benzene rings is 3. The highest BCUT2D eigenvalue weighted by Gasteiger charge is 2.25. The molecule has 0 saturated heterocycles. The Morgan fingerprint density at radius 2 is 1.57 bits per heavy atom. The van der Waals surface area contributed by atoms with Gasteiger partial charge in [0.25, 0.3) is 5.56 Å². The number of nitrogen functional groups attached to an aromatic ring is 1. The van der Waals surface area contributed by atoms with Gasteiger partial charge in [-0.2, -0.15) is 0 Å². The first kappa shape index (κ1) is 23.9. The maximum absolute atomic E-state index is 13.6. The van der Waals surface area contributed by atoms with E-state index in [1.54, 1.807) is 0 Å². The average molecular weight is 499 g/mol. The number of carbonyl (C=O) groups is 1. The summed E-state index contributed by atoms with van der Waals surface area (Å²) in [5.74, 6) is 0.939. The molecule has 3 aromatic carbocycles. The Morgan fingerprint density at radius 3 is 2.30 bits per heavy atom. The molecule has 3 N–H and O–H groups in total. The van der Waals surface area contributed by atoms with Gasteiger partial charge in [-0.15, -0.1) is 0 Å². The van der Waals surface area contributed by atoms with E-state index in [1.807, 2.05) is 78.9 Å². The molecule has 37 heavy (non-hydrogen) atoms. The second-order valence-corrected chi connectivity index (χ2v) is 8.72. The maximum Gasteiger partial charge on any atom is 0.330 e. The second-order valence-electron chi connectivity index (χ2n) is 8.72. The summed E-state index contributed by atoms with van der Waals surface area (Å²) >= 11 is 0. The Bertz CT molecular complexity index is 1530. The predicted octanol–water partition coefficient (Wildman–Crippen LogP) is 3.06. The first-order valence-electron chi connectivity index (χ1n) is 11.9. The monoisotopic (exact) mass is 498 g/mol. The quantitative estimate of drug-likeness (QED) is 0.385. The first-order valence-corrected chi connectivity index (χ1v) is 11.9. The number of anilines is 2. The lowest BCUT2D eigenvalue weighted by Crippen LogP contribution is -2.41. The number of H-pyrrole nitrogens is 1. The molecule has 0 spiro atoms. The number of aryl methyl sites for hydroxylation is 1. The highest BCUT2D eigenvalue weighted by molar-refractivity contribution is 5.95. The Morgan fingerprint density at radius 1 is 0.892 bits per heavy atom. The number of nitrogens with two attached hydrogens (primary N) is 1. The highest BCUT2D eigenvalue weighted by Crippen LogP contribution is 2.33. The van der Waals surface area contributed by atoms with Gasteiger partial charge in [-0.3, -0.25) is 19.1 Å².